The fourth-order valence-corrected chi connectivity index (χ4v) is 2.51. The van der Waals surface area contributed by atoms with Crippen molar-refractivity contribution < 1.29 is 4.74 Å². The first-order valence-corrected chi connectivity index (χ1v) is 6.52. The summed E-state index contributed by atoms with van der Waals surface area (Å²) in [4.78, 5) is 2.49. The largest absolute Gasteiger partial charge is 0.496 e. The minimum Gasteiger partial charge on any atom is -0.496 e. The Hall–Kier alpha value is -1.02. The summed E-state index contributed by atoms with van der Waals surface area (Å²) in [6.45, 7) is 11.1. The summed E-state index contributed by atoms with van der Waals surface area (Å²) in [6.07, 6.45) is 0. The predicted octanol–water partition coefficient (Wildman–Crippen LogP) is 3.73. The number of nitrogens with zero attached hydrogens (tertiary/aromatic N) is 1. The van der Waals surface area contributed by atoms with Gasteiger partial charge in [0, 0.05) is 11.6 Å². The van der Waals surface area contributed by atoms with Gasteiger partial charge in [-0.15, -0.1) is 0 Å². The second-order valence-electron chi connectivity index (χ2n) is 4.65. The minimum atomic E-state index is 0.432. The van der Waals surface area contributed by atoms with Crippen molar-refractivity contribution in [2.24, 2.45) is 5.92 Å². The molecule has 0 aliphatic rings. The molecule has 0 fully saturated rings. The number of ether oxygens (including phenoxy) is 1. The Kier molecular flexibility index (Phi) is 5.49. The lowest BCUT2D eigenvalue weighted by atomic mass is 9.93. The summed E-state index contributed by atoms with van der Waals surface area (Å²) >= 11 is 0. The molecule has 1 unspecified atom stereocenters. The third-order valence-electron chi connectivity index (χ3n) is 3.29. The molecule has 0 bridgehead atoms. The van der Waals surface area contributed by atoms with Crippen molar-refractivity contribution in [1.29, 1.82) is 0 Å². The molecule has 0 N–H and O–H groups in total. The van der Waals surface area contributed by atoms with Crippen LogP contribution in [0.2, 0.25) is 0 Å². The van der Waals surface area contributed by atoms with Crippen LogP contribution in [-0.2, 0) is 0 Å². The second kappa shape index (κ2) is 6.65. The van der Waals surface area contributed by atoms with Crippen LogP contribution in [0.25, 0.3) is 0 Å². The molecule has 0 saturated heterocycles. The maximum Gasteiger partial charge on any atom is 0.123 e. The van der Waals surface area contributed by atoms with E-state index in [4.69, 9.17) is 4.74 Å². The van der Waals surface area contributed by atoms with Gasteiger partial charge < -0.3 is 4.74 Å². The first-order chi connectivity index (χ1) is 8.15. The number of benzene rings is 1. The van der Waals surface area contributed by atoms with Gasteiger partial charge >= 0.3 is 0 Å². The maximum absolute atomic E-state index is 5.49. The first kappa shape index (κ1) is 14.0. The van der Waals surface area contributed by atoms with Crippen molar-refractivity contribution in [2.75, 3.05) is 20.2 Å². The van der Waals surface area contributed by atoms with Gasteiger partial charge in [-0.25, -0.2) is 0 Å². The standard InChI is InChI=1S/C15H25NO/c1-6-16(7-2)15(12(3)4)13-10-8-9-11-14(13)17-5/h8-12,15H,6-7H2,1-5H3. The van der Waals surface area contributed by atoms with E-state index in [0.717, 1.165) is 18.8 Å². The van der Waals surface area contributed by atoms with Gasteiger partial charge in [0.05, 0.1) is 7.11 Å². The fraction of sp³-hybridized carbons (Fsp3) is 0.600. The predicted molar refractivity (Wildman–Crippen MR) is 73.5 cm³/mol. The molecule has 0 aliphatic carbocycles. The topological polar surface area (TPSA) is 12.5 Å². The van der Waals surface area contributed by atoms with Gasteiger partial charge in [0.15, 0.2) is 0 Å². The van der Waals surface area contributed by atoms with E-state index in [1.165, 1.54) is 5.56 Å². The minimum absolute atomic E-state index is 0.432. The van der Waals surface area contributed by atoms with Crippen LogP contribution in [0, 0.1) is 5.92 Å². The van der Waals surface area contributed by atoms with Crippen molar-refractivity contribution in [3.8, 4) is 5.75 Å². The number of methoxy groups -OCH3 is 1. The molecule has 0 aliphatic heterocycles. The summed E-state index contributed by atoms with van der Waals surface area (Å²) < 4.78 is 5.49. The van der Waals surface area contributed by atoms with E-state index in [0.29, 0.717) is 12.0 Å². The van der Waals surface area contributed by atoms with Gasteiger partial charge in [0.25, 0.3) is 0 Å². The van der Waals surface area contributed by atoms with Gasteiger partial charge in [0.2, 0.25) is 0 Å². The Morgan fingerprint density at radius 3 is 2.18 bits per heavy atom. The Labute approximate surface area is 106 Å². The number of hydrogen-bond donors (Lipinski definition) is 0. The molecule has 2 heteroatoms. The Morgan fingerprint density at radius 2 is 1.71 bits per heavy atom. The third-order valence-corrected chi connectivity index (χ3v) is 3.29. The van der Waals surface area contributed by atoms with Crippen LogP contribution in [-0.4, -0.2) is 25.1 Å². The molecule has 0 radical (unpaired) electrons. The monoisotopic (exact) mass is 235 g/mol. The zero-order chi connectivity index (χ0) is 12.8. The van der Waals surface area contributed by atoms with Crippen LogP contribution in [0.4, 0.5) is 0 Å². The first-order valence-electron chi connectivity index (χ1n) is 6.52. The van der Waals surface area contributed by atoms with Crippen molar-refractivity contribution >= 4 is 0 Å². The summed E-state index contributed by atoms with van der Waals surface area (Å²) in [6, 6.07) is 8.79. The molecule has 0 heterocycles. The highest BCUT2D eigenvalue weighted by Crippen LogP contribution is 2.34. The van der Waals surface area contributed by atoms with Crippen molar-refractivity contribution in [3.63, 3.8) is 0 Å². The van der Waals surface area contributed by atoms with E-state index in [1.807, 2.05) is 12.1 Å². The molecular weight excluding hydrogens is 210 g/mol. The fourth-order valence-electron chi connectivity index (χ4n) is 2.51. The molecule has 0 aromatic heterocycles. The summed E-state index contributed by atoms with van der Waals surface area (Å²) in [5.41, 5.74) is 1.30. The quantitative estimate of drug-likeness (QED) is 0.745. The van der Waals surface area contributed by atoms with E-state index < -0.39 is 0 Å². The molecular formula is C15H25NO. The zero-order valence-electron chi connectivity index (χ0n) is 11.7. The van der Waals surface area contributed by atoms with Gasteiger partial charge in [-0.3, -0.25) is 4.90 Å². The van der Waals surface area contributed by atoms with Crippen LogP contribution in [0.15, 0.2) is 24.3 Å². The van der Waals surface area contributed by atoms with Gasteiger partial charge in [0.1, 0.15) is 5.75 Å². The van der Waals surface area contributed by atoms with E-state index in [-0.39, 0.29) is 0 Å². The van der Waals surface area contributed by atoms with Crippen LogP contribution in [0.5, 0.6) is 5.75 Å². The summed E-state index contributed by atoms with van der Waals surface area (Å²) in [7, 11) is 1.75. The average molecular weight is 235 g/mol. The molecule has 1 aromatic carbocycles. The molecule has 2 nitrogen and oxygen atoms in total. The number of hydrogen-bond acceptors (Lipinski definition) is 2. The van der Waals surface area contributed by atoms with Gasteiger partial charge in [-0.1, -0.05) is 45.9 Å². The highest BCUT2D eigenvalue weighted by molar-refractivity contribution is 5.36. The summed E-state index contributed by atoms with van der Waals surface area (Å²) in [5.74, 6) is 1.57. The molecule has 96 valence electrons. The van der Waals surface area contributed by atoms with E-state index >= 15 is 0 Å². The zero-order valence-corrected chi connectivity index (χ0v) is 11.7. The van der Waals surface area contributed by atoms with Crippen LogP contribution < -0.4 is 4.74 Å². The van der Waals surface area contributed by atoms with E-state index in [2.05, 4.69) is 44.7 Å². The molecule has 0 saturated carbocycles. The maximum atomic E-state index is 5.49. The number of rotatable bonds is 6. The Morgan fingerprint density at radius 1 is 1.12 bits per heavy atom. The van der Waals surface area contributed by atoms with E-state index in [9.17, 15) is 0 Å². The highest BCUT2D eigenvalue weighted by atomic mass is 16.5. The smallest absolute Gasteiger partial charge is 0.123 e. The second-order valence-corrected chi connectivity index (χ2v) is 4.65. The van der Waals surface area contributed by atoms with E-state index in [1.54, 1.807) is 7.11 Å². The van der Waals surface area contributed by atoms with Crippen LogP contribution in [0.1, 0.15) is 39.3 Å². The molecule has 0 spiro atoms. The molecule has 1 rings (SSSR count). The molecule has 0 amide bonds. The molecule has 1 aromatic rings. The lowest BCUT2D eigenvalue weighted by Gasteiger charge is -2.34. The SMILES string of the molecule is CCN(CC)C(c1ccccc1OC)C(C)C. The lowest BCUT2D eigenvalue weighted by Crippen LogP contribution is -2.32. The van der Waals surface area contributed by atoms with Crippen molar-refractivity contribution in [1.82, 2.24) is 4.90 Å². The summed E-state index contributed by atoms with van der Waals surface area (Å²) in [5, 5.41) is 0. The van der Waals surface area contributed by atoms with Crippen molar-refractivity contribution in [2.45, 2.75) is 33.7 Å². The van der Waals surface area contributed by atoms with Crippen molar-refractivity contribution in [3.05, 3.63) is 29.8 Å². The highest BCUT2D eigenvalue weighted by Gasteiger charge is 2.23. The molecule has 17 heavy (non-hydrogen) atoms. The van der Waals surface area contributed by atoms with Gasteiger partial charge in [-0.2, -0.15) is 0 Å². The Bertz CT molecular complexity index is 331. The van der Waals surface area contributed by atoms with Crippen LogP contribution in [0.3, 0.4) is 0 Å². The normalized spacial score (nSPS) is 13.1. The lowest BCUT2D eigenvalue weighted by molar-refractivity contribution is 0.168. The number of para-hydroxylation sites is 1. The average Bonchev–Trinajstić information content (AvgIpc) is 2.35. The van der Waals surface area contributed by atoms with Gasteiger partial charge in [-0.05, 0) is 25.1 Å². The third kappa shape index (κ3) is 3.22. The molecule has 1 atom stereocenters. The van der Waals surface area contributed by atoms with Crippen LogP contribution >= 0.6 is 0 Å². The Balaban J connectivity index is 3.13.